The third-order valence-corrected chi connectivity index (χ3v) is 6.02. The van der Waals surface area contributed by atoms with Gasteiger partial charge in [-0.15, -0.1) is 0 Å². The van der Waals surface area contributed by atoms with Gasteiger partial charge in [-0.3, -0.25) is 10.1 Å². The van der Waals surface area contributed by atoms with Gasteiger partial charge in [0.2, 0.25) is 5.91 Å². The molecule has 2 unspecified atom stereocenters. The lowest BCUT2D eigenvalue weighted by Crippen LogP contribution is -2.46. The Bertz CT molecular complexity index is 316. The highest BCUT2D eigenvalue weighted by Crippen LogP contribution is 2.32. The van der Waals surface area contributed by atoms with Crippen LogP contribution in [0.3, 0.4) is 0 Å². The van der Waals surface area contributed by atoms with Crippen LogP contribution in [0.5, 0.6) is 0 Å². The summed E-state index contributed by atoms with van der Waals surface area (Å²) in [4.78, 5) is 14.9. The van der Waals surface area contributed by atoms with Crippen molar-refractivity contribution in [1.82, 2.24) is 10.2 Å². The van der Waals surface area contributed by atoms with Gasteiger partial charge < -0.3 is 4.90 Å². The van der Waals surface area contributed by atoms with Crippen molar-refractivity contribution in [3.8, 4) is 0 Å². The molecule has 2 rings (SSSR count). The molecule has 0 aromatic carbocycles. The van der Waals surface area contributed by atoms with Gasteiger partial charge in [0.05, 0.1) is 12.2 Å². The molecular formula is C16H30N2OS. The summed E-state index contributed by atoms with van der Waals surface area (Å²) in [6, 6.07) is 0.563. The molecule has 0 spiro atoms. The predicted molar refractivity (Wildman–Crippen MR) is 86.9 cm³/mol. The molecule has 0 bridgehead atoms. The highest BCUT2D eigenvalue weighted by molar-refractivity contribution is 7.99. The molecule has 20 heavy (non-hydrogen) atoms. The summed E-state index contributed by atoms with van der Waals surface area (Å²) >= 11 is 1.99. The maximum atomic E-state index is 12.7. The summed E-state index contributed by atoms with van der Waals surface area (Å²) in [5.41, 5.74) is 0. The largest absolute Gasteiger partial charge is 0.323 e. The number of nitrogens with zero attached hydrogens (tertiary/aromatic N) is 1. The lowest BCUT2D eigenvalue weighted by atomic mass is 9.93. The molecule has 1 aliphatic carbocycles. The second kappa shape index (κ2) is 7.69. The van der Waals surface area contributed by atoms with E-state index in [1.54, 1.807) is 0 Å². The van der Waals surface area contributed by atoms with Crippen molar-refractivity contribution in [2.45, 2.75) is 88.7 Å². The van der Waals surface area contributed by atoms with Crippen LogP contribution < -0.4 is 5.32 Å². The van der Waals surface area contributed by atoms with Gasteiger partial charge in [0, 0.05) is 11.3 Å². The molecule has 0 aromatic heterocycles. The van der Waals surface area contributed by atoms with Gasteiger partial charge in [0.15, 0.2) is 0 Å². The molecule has 1 saturated carbocycles. The second-order valence-corrected chi connectivity index (χ2v) is 7.34. The summed E-state index contributed by atoms with van der Waals surface area (Å²) in [6.07, 6.45) is 11.7. The van der Waals surface area contributed by atoms with Crippen LogP contribution in [0.25, 0.3) is 0 Å². The van der Waals surface area contributed by atoms with Crippen molar-refractivity contribution in [3.05, 3.63) is 0 Å². The van der Waals surface area contributed by atoms with Crippen molar-refractivity contribution in [2.75, 3.05) is 6.26 Å². The molecule has 3 nitrogen and oxygen atoms in total. The zero-order valence-corrected chi connectivity index (χ0v) is 14.0. The minimum atomic E-state index is 0.0816. The summed E-state index contributed by atoms with van der Waals surface area (Å²) in [6.45, 7) is 4.38. The smallest absolute Gasteiger partial charge is 0.241 e. The zero-order chi connectivity index (χ0) is 14.5. The molecule has 0 aromatic rings. The van der Waals surface area contributed by atoms with Crippen LogP contribution in [0.2, 0.25) is 0 Å². The van der Waals surface area contributed by atoms with E-state index in [4.69, 9.17) is 0 Å². The van der Waals surface area contributed by atoms with Crippen LogP contribution in [-0.2, 0) is 4.79 Å². The summed E-state index contributed by atoms with van der Waals surface area (Å²) < 4.78 is 0. The fourth-order valence-electron chi connectivity index (χ4n) is 3.64. The first kappa shape index (κ1) is 16.2. The van der Waals surface area contributed by atoms with Crippen molar-refractivity contribution in [3.63, 3.8) is 0 Å². The third-order valence-electron chi connectivity index (χ3n) is 4.89. The SMILES string of the molecule is CCCCC1NC(CC)N(C2CCC(SC)CC2)C1=O. The number of thioether (sulfide) groups is 1. The van der Waals surface area contributed by atoms with Crippen LogP contribution in [0.15, 0.2) is 0 Å². The van der Waals surface area contributed by atoms with E-state index in [1.807, 2.05) is 11.8 Å². The van der Waals surface area contributed by atoms with Crippen LogP contribution in [0.4, 0.5) is 0 Å². The Balaban J connectivity index is 1.96. The van der Waals surface area contributed by atoms with Gasteiger partial charge in [-0.2, -0.15) is 11.8 Å². The normalized spacial score (nSPS) is 34.8. The first-order valence-corrected chi connectivity index (χ1v) is 9.61. The van der Waals surface area contributed by atoms with Gasteiger partial charge in [-0.25, -0.2) is 0 Å². The topological polar surface area (TPSA) is 32.3 Å². The molecule has 0 radical (unpaired) electrons. The number of carbonyl (C=O) groups excluding carboxylic acids is 1. The molecule has 2 aliphatic rings. The van der Waals surface area contributed by atoms with Crippen LogP contribution in [0, 0.1) is 0 Å². The molecule has 2 fully saturated rings. The Hall–Kier alpha value is -0.220. The molecule has 4 heteroatoms. The van der Waals surface area contributed by atoms with Crippen molar-refractivity contribution in [1.29, 1.82) is 0 Å². The van der Waals surface area contributed by atoms with E-state index in [-0.39, 0.29) is 12.2 Å². The fraction of sp³-hybridized carbons (Fsp3) is 0.938. The minimum absolute atomic E-state index is 0.0816. The van der Waals surface area contributed by atoms with E-state index in [0.717, 1.165) is 24.5 Å². The Labute approximate surface area is 128 Å². The summed E-state index contributed by atoms with van der Waals surface area (Å²) in [5, 5.41) is 4.38. The fourth-order valence-corrected chi connectivity index (χ4v) is 4.38. The van der Waals surface area contributed by atoms with Gasteiger partial charge >= 0.3 is 0 Å². The van der Waals surface area contributed by atoms with Crippen molar-refractivity contribution >= 4 is 17.7 Å². The number of hydrogen-bond acceptors (Lipinski definition) is 3. The van der Waals surface area contributed by atoms with E-state index in [9.17, 15) is 4.79 Å². The van der Waals surface area contributed by atoms with Gasteiger partial charge in [-0.1, -0.05) is 26.7 Å². The Morgan fingerprint density at radius 2 is 1.95 bits per heavy atom. The first-order valence-electron chi connectivity index (χ1n) is 8.32. The maximum Gasteiger partial charge on any atom is 0.241 e. The number of rotatable bonds is 6. The van der Waals surface area contributed by atoms with E-state index < -0.39 is 0 Å². The monoisotopic (exact) mass is 298 g/mol. The number of carbonyl (C=O) groups is 1. The highest BCUT2D eigenvalue weighted by atomic mass is 32.2. The predicted octanol–water partition coefficient (Wildman–Crippen LogP) is 3.39. The minimum Gasteiger partial charge on any atom is -0.323 e. The van der Waals surface area contributed by atoms with Crippen molar-refractivity contribution < 1.29 is 4.79 Å². The highest BCUT2D eigenvalue weighted by Gasteiger charge is 2.41. The van der Waals surface area contributed by atoms with Gasteiger partial charge in [-0.05, 0) is 44.8 Å². The molecule has 1 amide bonds. The molecular weight excluding hydrogens is 268 g/mol. The molecule has 1 saturated heterocycles. The lowest BCUT2D eigenvalue weighted by Gasteiger charge is -2.37. The van der Waals surface area contributed by atoms with E-state index in [0.29, 0.717) is 11.9 Å². The Morgan fingerprint density at radius 1 is 1.25 bits per heavy atom. The molecule has 1 heterocycles. The van der Waals surface area contributed by atoms with Crippen LogP contribution in [0.1, 0.15) is 65.2 Å². The number of amides is 1. The van der Waals surface area contributed by atoms with E-state index >= 15 is 0 Å². The van der Waals surface area contributed by atoms with E-state index in [2.05, 4.69) is 30.3 Å². The zero-order valence-electron chi connectivity index (χ0n) is 13.2. The summed E-state index contributed by atoms with van der Waals surface area (Å²) in [5.74, 6) is 0.373. The van der Waals surface area contributed by atoms with Gasteiger partial charge in [0.1, 0.15) is 0 Å². The lowest BCUT2D eigenvalue weighted by molar-refractivity contribution is -0.133. The average molecular weight is 298 g/mol. The number of unbranched alkanes of at least 4 members (excludes halogenated alkanes) is 1. The van der Waals surface area contributed by atoms with Crippen LogP contribution in [-0.4, -0.2) is 40.6 Å². The Kier molecular flexibility index (Phi) is 6.21. The molecule has 1 N–H and O–H groups in total. The quantitative estimate of drug-likeness (QED) is 0.816. The van der Waals surface area contributed by atoms with E-state index in [1.165, 1.54) is 32.1 Å². The van der Waals surface area contributed by atoms with Gasteiger partial charge in [0.25, 0.3) is 0 Å². The Morgan fingerprint density at radius 3 is 2.50 bits per heavy atom. The number of nitrogens with one attached hydrogen (secondary N) is 1. The number of hydrogen-bond donors (Lipinski definition) is 1. The van der Waals surface area contributed by atoms with Crippen molar-refractivity contribution in [2.24, 2.45) is 0 Å². The standard InChI is InChI=1S/C16H30N2OS/c1-4-6-7-14-16(19)18(15(5-2)17-14)12-8-10-13(20-3)11-9-12/h12-15,17H,4-11H2,1-3H3. The summed E-state index contributed by atoms with van der Waals surface area (Å²) in [7, 11) is 0. The molecule has 116 valence electrons. The second-order valence-electron chi connectivity index (χ2n) is 6.20. The first-order chi connectivity index (χ1) is 9.71. The third kappa shape index (κ3) is 3.51. The molecule has 1 aliphatic heterocycles. The molecule has 2 atom stereocenters. The maximum absolute atomic E-state index is 12.7. The van der Waals surface area contributed by atoms with Crippen LogP contribution >= 0.6 is 11.8 Å². The average Bonchev–Trinajstić information content (AvgIpc) is 2.81.